The molecule has 0 saturated carbocycles. The number of hydrogen-bond donors (Lipinski definition) is 1. The van der Waals surface area contributed by atoms with Crippen molar-refractivity contribution in [3.05, 3.63) is 39.2 Å². The predicted octanol–water partition coefficient (Wildman–Crippen LogP) is 5.56. The zero-order valence-corrected chi connectivity index (χ0v) is 15.2. The van der Waals surface area contributed by atoms with Crippen molar-refractivity contribution in [2.24, 2.45) is 0 Å². The number of amides is 1. The lowest BCUT2D eigenvalue weighted by molar-refractivity contribution is 0.103. The molecule has 120 valence electrons. The van der Waals surface area contributed by atoms with Gasteiger partial charge in [-0.1, -0.05) is 61.4 Å². The van der Waals surface area contributed by atoms with Crippen molar-refractivity contribution < 1.29 is 4.79 Å². The number of anilines is 1. The molecule has 1 atom stereocenters. The number of thiophene rings is 1. The predicted molar refractivity (Wildman–Crippen MR) is 98.0 cm³/mol. The Morgan fingerprint density at radius 3 is 2.83 bits per heavy atom. The van der Waals surface area contributed by atoms with E-state index in [0.29, 0.717) is 20.9 Å². The number of aromatic nitrogens is 2. The van der Waals surface area contributed by atoms with Gasteiger partial charge in [0.2, 0.25) is 5.13 Å². The first-order valence-corrected chi connectivity index (χ1v) is 9.43. The van der Waals surface area contributed by atoms with Gasteiger partial charge in [0.1, 0.15) is 9.88 Å². The van der Waals surface area contributed by atoms with Gasteiger partial charge in [0.15, 0.2) is 0 Å². The summed E-state index contributed by atoms with van der Waals surface area (Å²) in [6.07, 6.45) is 2.16. The molecule has 0 saturated heterocycles. The lowest BCUT2D eigenvalue weighted by Gasteiger charge is -2.03. The summed E-state index contributed by atoms with van der Waals surface area (Å²) in [5.41, 5.74) is 0. The van der Waals surface area contributed by atoms with Crippen molar-refractivity contribution in [1.82, 2.24) is 10.2 Å². The summed E-state index contributed by atoms with van der Waals surface area (Å²) in [6, 6.07) is 7.72. The van der Waals surface area contributed by atoms with Crippen LogP contribution in [-0.4, -0.2) is 16.1 Å². The lowest BCUT2D eigenvalue weighted by atomic mass is 10.1. The molecule has 0 aliphatic carbocycles. The lowest BCUT2D eigenvalue weighted by Crippen LogP contribution is -2.10. The van der Waals surface area contributed by atoms with E-state index in [1.807, 2.05) is 24.3 Å². The minimum atomic E-state index is -0.234. The minimum absolute atomic E-state index is 0.234. The Kier molecular flexibility index (Phi) is 4.94. The molecule has 7 heteroatoms. The molecule has 4 nitrogen and oxygen atoms in total. The van der Waals surface area contributed by atoms with Crippen LogP contribution in [0, 0.1) is 0 Å². The van der Waals surface area contributed by atoms with E-state index in [2.05, 4.69) is 29.4 Å². The van der Waals surface area contributed by atoms with Gasteiger partial charge in [0.25, 0.3) is 5.91 Å². The number of carbonyl (C=O) groups excluding carboxylic acids is 1. The summed E-state index contributed by atoms with van der Waals surface area (Å²) < 4.78 is 0.997. The highest BCUT2D eigenvalue weighted by Gasteiger charge is 2.19. The molecular formula is C16H16ClN3OS2. The number of nitrogens with zero attached hydrogens (tertiary/aromatic N) is 2. The van der Waals surface area contributed by atoms with E-state index in [9.17, 15) is 4.79 Å². The molecule has 0 aliphatic heterocycles. The Morgan fingerprint density at radius 1 is 1.30 bits per heavy atom. The fourth-order valence-electron chi connectivity index (χ4n) is 2.35. The number of benzene rings is 1. The van der Waals surface area contributed by atoms with Crippen molar-refractivity contribution in [2.45, 2.75) is 32.6 Å². The molecule has 1 unspecified atom stereocenters. The van der Waals surface area contributed by atoms with Crippen molar-refractivity contribution in [2.75, 3.05) is 5.32 Å². The van der Waals surface area contributed by atoms with E-state index >= 15 is 0 Å². The van der Waals surface area contributed by atoms with E-state index in [1.54, 1.807) is 0 Å². The van der Waals surface area contributed by atoms with Crippen molar-refractivity contribution in [3.63, 3.8) is 0 Å². The summed E-state index contributed by atoms with van der Waals surface area (Å²) in [4.78, 5) is 13.0. The molecule has 1 amide bonds. The second-order valence-electron chi connectivity index (χ2n) is 5.33. The summed E-state index contributed by atoms with van der Waals surface area (Å²) in [5, 5.41) is 13.9. The number of fused-ring (bicyclic) bond motifs is 1. The molecule has 1 aromatic carbocycles. The standard InChI is InChI=1S/C16H16ClN3OS2/c1-3-6-9(2)15-19-20-16(23-15)18-14(21)13-12(17)10-7-4-5-8-11(10)22-13/h4-5,7-9H,3,6H2,1-2H3,(H,18,20,21). The van der Waals surface area contributed by atoms with Crippen molar-refractivity contribution >= 4 is 55.4 Å². The fourth-order valence-corrected chi connectivity index (χ4v) is 4.59. The van der Waals surface area contributed by atoms with Crippen LogP contribution in [0.1, 0.15) is 47.3 Å². The van der Waals surface area contributed by atoms with Crippen LogP contribution in [0.15, 0.2) is 24.3 Å². The van der Waals surface area contributed by atoms with Gasteiger partial charge in [-0.15, -0.1) is 21.5 Å². The smallest absolute Gasteiger partial charge is 0.269 e. The minimum Gasteiger partial charge on any atom is -0.296 e. The SMILES string of the molecule is CCCC(C)c1nnc(NC(=O)c2sc3ccccc3c2Cl)s1. The highest BCUT2D eigenvalue weighted by Crippen LogP contribution is 2.36. The van der Waals surface area contributed by atoms with Crippen LogP contribution in [0.5, 0.6) is 0 Å². The average molecular weight is 366 g/mol. The van der Waals surface area contributed by atoms with Crippen LogP contribution < -0.4 is 5.32 Å². The molecule has 0 bridgehead atoms. The van der Waals surface area contributed by atoms with E-state index in [1.165, 1.54) is 22.7 Å². The first-order chi connectivity index (χ1) is 11.1. The Balaban J connectivity index is 1.79. The molecule has 0 radical (unpaired) electrons. The van der Waals surface area contributed by atoms with Crippen molar-refractivity contribution in [1.29, 1.82) is 0 Å². The maximum absolute atomic E-state index is 12.5. The van der Waals surface area contributed by atoms with Crippen LogP contribution in [0.4, 0.5) is 5.13 Å². The zero-order valence-electron chi connectivity index (χ0n) is 12.8. The van der Waals surface area contributed by atoms with Crippen LogP contribution >= 0.6 is 34.3 Å². The number of carbonyl (C=O) groups is 1. The molecule has 0 aliphatic rings. The maximum atomic E-state index is 12.5. The summed E-state index contributed by atoms with van der Waals surface area (Å²) >= 11 is 9.14. The van der Waals surface area contributed by atoms with Gasteiger partial charge >= 0.3 is 0 Å². The first kappa shape index (κ1) is 16.4. The molecule has 3 aromatic rings. The summed E-state index contributed by atoms with van der Waals surface area (Å²) in [6.45, 7) is 4.27. The van der Waals surface area contributed by atoms with E-state index in [4.69, 9.17) is 11.6 Å². The van der Waals surface area contributed by atoms with Crippen LogP contribution in [0.2, 0.25) is 5.02 Å². The Morgan fingerprint density at radius 2 is 2.09 bits per heavy atom. The quantitative estimate of drug-likeness (QED) is 0.643. The van der Waals surface area contributed by atoms with Crippen LogP contribution in [0.25, 0.3) is 10.1 Å². The van der Waals surface area contributed by atoms with Crippen molar-refractivity contribution in [3.8, 4) is 0 Å². The van der Waals surface area contributed by atoms with E-state index in [0.717, 1.165) is 27.9 Å². The zero-order chi connectivity index (χ0) is 16.4. The number of halogens is 1. The maximum Gasteiger partial charge on any atom is 0.269 e. The summed E-state index contributed by atoms with van der Waals surface area (Å²) in [5.74, 6) is 0.123. The van der Waals surface area contributed by atoms with Gasteiger partial charge in [-0.05, 0) is 12.5 Å². The first-order valence-electron chi connectivity index (χ1n) is 7.42. The normalized spacial score (nSPS) is 12.5. The average Bonchev–Trinajstić information content (AvgIpc) is 3.13. The summed E-state index contributed by atoms with van der Waals surface area (Å²) in [7, 11) is 0. The van der Waals surface area contributed by atoms with Gasteiger partial charge in [-0.3, -0.25) is 10.1 Å². The second kappa shape index (κ2) is 6.95. The fraction of sp³-hybridized carbons (Fsp3) is 0.312. The third kappa shape index (κ3) is 3.39. The third-order valence-electron chi connectivity index (χ3n) is 3.55. The highest BCUT2D eigenvalue weighted by molar-refractivity contribution is 7.22. The molecule has 2 heterocycles. The molecule has 3 rings (SSSR count). The molecule has 23 heavy (non-hydrogen) atoms. The topological polar surface area (TPSA) is 54.9 Å². The van der Waals surface area contributed by atoms with Crippen LogP contribution in [-0.2, 0) is 0 Å². The third-order valence-corrected chi connectivity index (χ3v) is 6.29. The van der Waals surface area contributed by atoms with Crippen LogP contribution in [0.3, 0.4) is 0 Å². The van der Waals surface area contributed by atoms with Gasteiger partial charge < -0.3 is 0 Å². The monoisotopic (exact) mass is 365 g/mol. The Labute approximate surface area is 147 Å². The second-order valence-corrected chi connectivity index (χ2v) is 7.77. The van der Waals surface area contributed by atoms with E-state index < -0.39 is 0 Å². The Hall–Kier alpha value is -1.50. The molecule has 0 fully saturated rings. The molecule has 0 spiro atoms. The van der Waals surface area contributed by atoms with Gasteiger partial charge in [0.05, 0.1) is 5.02 Å². The van der Waals surface area contributed by atoms with Gasteiger partial charge in [0, 0.05) is 16.0 Å². The number of rotatable bonds is 5. The number of hydrogen-bond acceptors (Lipinski definition) is 5. The Bertz CT molecular complexity index is 843. The molecular weight excluding hydrogens is 350 g/mol. The molecule has 2 aromatic heterocycles. The highest BCUT2D eigenvalue weighted by atomic mass is 35.5. The van der Waals surface area contributed by atoms with Gasteiger partial charge in [-0.2, -0.15) is 0 Å². The van der Waals surface area contributed by atoms with E-state index in [-0.39, 0.29) is 5.91 Å². The molecule has 1 N–H and O–H groups in total. The van der Waals surface area contributed by atoms with Gasteiger partial charge in [-0.25, -0.2) is 0 Å². The number of nitrogens with one attached hydrogen (secondary N) is 1. The largest absolute Gasteiger partial charge is 0.296 e.